The highest BCUT2D eigenvalue weighted by Gasteiger charge is 2.28. The van der Waals surface area contributed by atoms with E-state index < -0.39 is 36.9 Å². The van der Waals surface area contributed by atoms with Crippen molar-refractivity contribution in [2.24, 2.45) is 0 Å². The molecule has 284 valence electrons. The second kappa shape index (κ2) is 37.1. The van der Waals surface area contributed by atoms with Gasteiger partial charge in [0.25, 0.3) is 0 Å². The maximum atomic E-state index is 12.4. The van der Waals surface area contributed by atoms with Crippen molar-refractivity contribution in [2.45, 2.75) is 231 Å². The largest absolute Gasteiger partial charge is 0.394 e. The molecule has 48 heavy (non-hydrogen) atoms. The summed E-state index contributed by atoms with van der Waals surface area (Å²) in [5, 5.41) is 43.3. The van der Waals surface area contributed by atoms with E-state index in [0.29, 0.717) is 12.8 Å². The molecule has 0 spiro atoms. The first-order valence-corrected chi connectivity index (χ1v) is 20.7. The average molecular weight is 680 g/mol. The Morgan fingerprint density at radius 3 is 1.31 bits per heavy atom. The molecule has 4 unspecified atom stereocenters. The third-order valence-electron chi connectivity index (χ3n) is 9.67. The summed E-state index contributed by atoms with van der Waals surface area (Å²) in [5.41, 5.74) is 0. The Hall–Kier alpha value is -1.21. The van der Waals surface area contributed by atoms with Gasteiger partial charge in [0.1, 0.15) is 12.2 Å². The van der Waals surface area contributed by atoms with Crippen LogP contribution in [0.3, 0.4) is 0 Å². The van der Waals surface area contributed by atoms with Crippen LogP contribution in [0.5, 0.6) is 0 Å². The zero-order valence-corrected chi connectivity index (χ0v) is 31.7. The van der Waals surface area contributed by atoms with E-state index in [-0.39, 0.29) is 0 Å². The van der Waals surface area contributed by atoms with E-state index in [4.69, 9.17) is 0 Å². The molecule has 0 aromatic carbocycles. The number of rotatable bonds is 37. The van der Waals surface area contributed by atoms with Gasteiger partial charge in [0.15, 0.2) is 0 Å². The highest BCUT2D eigenvalue weighted by atomic mass is 16.3. The number of nitrogens with one attached hydrogen (secondary N) is 1. The first-order valence-electron chi connectivity index (χ1n) is 20.7. The summed E-state index contributed by atoms with van der Waals surface area (Å²) in [5.74, 6) is -0.591. The molecule has 0 aliphatic rings. The average Bonchev–Trinajstić information content (AvgIpc) is 3.09. The molecule has 0 heterocycles. The minimum Gasteiger partial charge on any atom is -0.394 e. The summed E-state index contributed by atoms with van der Waals surface area (Å²) in [6.07, 6.45) is 40.8. The van der Waals surface area contributed by atoms with Crippen molar-refractivity contribution in [1.29, 1.82) is 0 Å². The number of aliphatic hydroxyl groups excluding tert-OH is 4. The van der Waals surface area contributed by atoms with E-state index in [0.717, 1.165) is 44.9 Å². The van der Waals surface area contributed by atoms with Gasteiger partial charge in [-0.3, -0.25) is 4.79 Å². The molecule has 5 N–H and O–H groups in total. The molecule has 1 amide bonds. The third kappa shape index (κ3) is 30.8. The minimum atomic E-state index is -1.26. The van der Waals surface area contributed by atoms with Crippen molar-refractivity contribution in [2.75, 3.05) is 6.61 Å². The van der Waals surface area contributed by atoms with Crippen LogP contribution in [-0.4, -0.2) is 57.3 Å². The highest BCUT2D eigenvalue weighted by Crippen LogP contribution is 2.15. The fraction of sp³-hybridized carbons (Fsp3) is 0.881. The lowest BCUT2D eigenvalue weighted by Crippen LogP contribution is -2.53. The van der Waals surface area contributed by atoms with Gasteiger partial charge in [-0.2, -0.15) is 0 Å². The minimum absolute atomic E-state index is 0.363. The second-order valence-corrected chi connectivity index (χ2v) is 14.3. The zero-order valence-electron chi connectivity index (χ0n) is 31.7. The number of carbonyl (C=O) groups excluding carboxylic acids is 1. The lowest BCUT2D eigenvalue weighted by atomic mass is 9.99. The second-order valence-electron chi connectivity index (χ2n) is 14.3. The lowest BCUT2D eigenvalue weighted by Gasteiger charge is -2.27. The molecule has 0 rings (SSSR count). The Bertz CT molecular complexity index is 727. The van der Waals surface area contributed by atoms with Gasteiger partial charge < -0.3 is 25.7 Å². The molecule has 0 saturated heterocycles. The monoisotopic (exact) mass is 680 g/mol. The Labute approximate surface area is 297 Å². The number of carbonyl (C=O) groups is 1. The molecule has 4 atom stereocenters. The van der Waals surface area contributed by atoms with E-state index in [9.17, 15) is 25.2 Å². The molecule has 6 heteroatoms. The summed E-state index contributed by atoms with van der Waals surface area (Å²) < 4.78 is 0. The van der Waals surface area contributed by atoms with Crippen molar-refractivity contribution < 1.29 is 25.2 Å². The quantitative estimate of drug-likeness (QED) is 0.0332. The summed E-state index contributed by atoms with van der Waals surface area (Å²) in [6.45, 7) is 4.00. The summed E-state index contributed by atoms with van der Waals surface area (Å²) >= 11 is 0. The molecule has 0 aliphatic heterocycles. The van der Waals surface area contributed by atoms with E-state index in [2.05, 4.69) is 43.5 Å². The SMILES string of the molecule is CCCCCCCCCCC/C=C\C/C=C\CCCCCCCCCCC(O)C(=O)NC(CO)C(O)C(O)CCCCCCCCCC. The molecular formula is C42H81NO5. The summed E-state index contributed by atoms with van der Waals surface area (Å²) in [6, 6.07) is -0.984. The Morgan fingerprint density at radius 2 is 0.896 bits per heavy atom. The van der Waals surface area contributed by atoms with Crippen LogP contribution in [0.15, 0.2) is 24.3 Å². The first-order chi connectivity index (χ1) is 23.5. The molecule has 0 radical (unpaired) electrons. The number of amides is 1. The highest BCUT2D eigenvalue weighted by molar-refractivity contribution is 5.80. The topological polar surface area (TPSA) is 110 Å². The predicted molar refractivity (Wildman–Crippen MR) is 205 cm³/mol. The van der Waals surface area contributed by atoms with Crippen LogP contribution in [0.2, 0.25) is 0 Å². The van der Waals surface area contributed by atoms with Crippen LogP contribution in [-0.2, 0) is 4.79 Å². The fourth-order valence-corrected chi connectivity index (χ4v) is 6.32. The van der Waals surface area contributed by atoms with Crippen molar-refractivity contribution >= 4 is 5.91 Å². The normalized spacial score (nSPS) is 14.5. The first kappa shape index (κ1) is 46.8. The van der Waals surface area contributed by atoms with Gasteiger partial charge in [0.05, 0.1) is 18.8 Å². The van der Waals surface area contributed by atoms with E-state index in [1.165, 1.54) is 135 Å². The van der Waals surface area contributed by atoms with Crippen molar-refractivity contribution in [3.8, 4) is 0 Å². The maximum absolute atomic E-state index is 12.4. The molecule has 6 nitrogen and oxygen atoms in total. The van der Waals surface area contributed by atoms with Gasteiger partial charge >= 0.3 is 0 Å². The lowest BCUT2D eigenvalue weighted by molar-refractivity contribution is -0.132. The van der Waals surface area contributed by atoms with Crippen molar-refractivity contribution in [3.05, 3.63) is 24.3 Å². The van der Waals surface area contributed by atoms with E-state index in [1.807, 2.05) is 0 Å². The maximum Gasteiger partial charge on any atom is 0.249 e. The zero-order chi connectivity index (χ0) is 35.3. The molecule has 0 aliphatic carbocycles. The molecule has 0 fully saturated rings. The van der Waals surface area contributed by atoms with Gasteiger partial charge in [0, 0.05) is 0 Å². The molecular weight excluding hydrogens is 598 g/mol. The van der Waals surface area contributed by atoms with Gasteiger partial charge in [-0.15, -0.1) is 0 Å². The standard InChI is InChI=1S/C42H81NO5/c1-3-5-7-9-11-13-14-15-16-17-18-19-20-21-22-23-24-25-26-27-28-30-32-34-36-40(46)42(48)43-38(37-44)41(47)39(45)35-33-31-29-12-10-8-6-4-2/h18-19,21-22,38-41,44-47H,3-17,20,23-37H2,1-2H3,(H,43,48)/b19-18-,22-21-. The van der Waals surface area contributed by atoms with Gasteiger partial charge in [-0.05, 0) is 44.9 Å². The fourth-order valence-electron chi connectivity index (χ4n) is 6.32. The van der Waals surface area contributed by atoms with Gasteiger partial charge in [-0.1, -0.05) is 186 Å². The summed E-state index contributed by atoms with van der Waals surface area (Å²) in [7, 11) is 0. The van der Waals surface area contributed by atoms with Crippen LogP contribution in [0.1, 0.15) is 206 Å². The number of hydrogen-bond donors (Lipinski definition) is 5. The van der Waals surface area contributed by atoms with Gasteiger partial charge in [-0.25, -0.2) is 0 Å². The number of hydrogen-bond acceptors (Lipinski definition) is 5. The smallest absolute Gasteiger partial charge is 0.249 e. The Kier molecular flexibility index (Phi) is 36.1. The van der Waals surface area contributed by atoms with Crippen LogP contribution in [0.25, 0.3) is 0 Å². The van der Waals surface area contributed by atoms with Crippen molar-refractivity contribution in [3.63, 3.8) is 0 Å². The van der Waals surface area contributed by atoms with Crippen molar-refractivity contribution in [1.82, 2.24) is 5.32 Å². The predicted octanol–water partition coefficient (Wildman–Crippen LogP) is 10.4. The Balaban J connectivity index is 3.69. The van der Waals surface area contributed by atoms with Crippen LogP contribution in [0, 0.1) is 0 Å². The molecule has 0 aromatic heterocycles. The van der Waals surface area contributed by atoms with E-state index in [1.54, 1.807) is 0 Å². The van der Waals surface area contributed by atoms with Crippen LogP contribution in [0.4, 0.5) is 0 Å². The summed E-state index contributed by atoms with van der Waals surface area (Å²) in [4.78, 5) is 12.4. The molecule has 0 saturated carbocycles. The molecule has 0 bridgehead atoms. The number of unbranched alkanes of at least 4 members (excludes halogenated alkanes) is 24. The van der Waals surface area contributed by atoms with Crippen LogP contribution >= 0.6 is 0 Å². The molecule has 0 aromatic rings. The van der Waals surface area contributed by atoms with E-state index >= 15 is 0 Å². The Morgan fingerprint density at radius 1 is 0.521 bits per heavy atom. The van der Waals surface area contributed by atoms with Gasteiger partial charge in [0.2, 0.25) is 5.91 Å². The number of aliphatic hydroxyl groups is 4. The van der Waals surface area contributed by atoms with Crippen LogP contribution < -0.4 is 5.32 Å². The third-order valence-corrected chi connectivity index (χ3v) is 9.67. The number of allylic oxidation sites excluding steroid dienone is 4.